The molecule has 1 fully saturated rings. The third-order valence-electron chi connectivity index (χ3n) is 3.17. The highest BCUT2D eigenvalue weighted by Crippen LogP contribution is 2.21. The van der Waals surface area contributed by atoms with E-state index in [0.717, 1.165) is 19.4 Å². The van der Waals surface area contributed by atoms with Crippen LogP contribution in [0.15, 0.2) is 18.2 Å². The highest BCUT2D eigenvalue weighted by Gasteiger charge is 2.24. The van der Waals surface area contributed by atoms with Crippen molar-refractivity contribution in [3.63, 3.8) is 0 Å². The Balaban J connectivity index is 2.02. The minimum atomic E-state index is -0.290. The minimum Gasteiger partial charge on any atom is -0.324 e. The number of nitrogens with one attached hydrogen (secondary N) is 2. The SMILES string of the molecule is CC1CCNC(C(=O)Nc2ccc(F)cc2I)C1. The van der Waals surface area contributed by atoms with Gasteiger partial charge in [-0.3, -0.25) is 4.79 Å². The summed E-state index contributed by atoms with van der Waals surface area (Å²) in [5, 5.41) is 6.06. The second-order valence-electron chi connectivity index (χ2n) is 4.75. The molecule has 1 aromatic carbocycles. The van der Waals surface area contributed by atoms with Crippen molar-refractivity contribution in [3.05, 3.63) is 27.6 Å². The van der Waals surface area contributed by atoms with E-state index in [2.05, 4.69) is 17.6 Å². The molecule has 2 rings (SSSR count). The fraction of sp³-hybridized carbons (Fsp3) is 0.462. The van der Waals surface area contributed by atoms with Crippen molar-refractivity contribution in [1.29, 1.82) is 0 Å². The summed E-state index contributed by atoms with van der Waals surface area (Å²) in [5.41, 5.74) is 0.669. The molecule has 2 N–H and O–H groups in total. The van der Waals surface area contributed by atoms with Crippen LogP contribution in [0.25, 0.3) is 0 Å². The molecule has 0 aromatic heterocycles. The van der Waals surface area contributed by atoms with Crippen LogP contribution in [0, 0.1) is 15.3 Å². The summed E-state index contributed by atoms with van der Waals surface area (Å²) >= 11 is 2.02. The largest absolute Gasteiger partial charge is 0.324 e. The van der Waals surface area contributed by atoms with Gasteiger partial charge < -0.3 is 10.6 Å². The van der Waals surface area contributed by atoms with Gasteiger partial charge in [-0.15, -0.1) is 0 Å². The third-order valence-corrected chi connectivity index (χ3v) is 4.06. The van der Waals surface area contributed by atoms with E-state index in [1.807, 2.05) is 22.6 Å². The van der Waals surface area contributed by atoms with Crippen LogP contribution >= 0.6 is 22.6 Å². The molecule has 0 saturated carbocycles. The molecule has 0 bridgehead atoms. The number of rotatable bonds is 2. The standard InChI is InChI=1S/C13H16FIN2O/c1-8-4-5-16-12(6-8)13(18)17-11-3-2-9(14)7-10(11)15/h2-3,7-8,12,16H,4-6H2,1H3,(H,17,18). The number of carbonyl (C=O) groups is 1. The van der Waals surface area contributed by atoms with Gasteiger partial charge in [-0.2, -0.15) is 0 Å². The van der Waals surface area contributed by atoms with E-state index in [9.17, 15) is 9.18 Å². The number of benzene rings is 1. The quantitative estimate of drug-likeness (QED) is 0.795. The number of hydrogen-bond donors (Lipinski definition) is 2. The molecule has 1 aliphatic heterocycles. The molecule has 98 valence electrons. The first-order valence-electron chi connectivity index (χ1n) is 6.05. The Hall–Kier alpha value is -0.690. The van der Waals surface area contributed by atoms with Gasteiger partial charge in [0.05, 0.1) is 11.7 Å². The van der Waals surface area contributed by atoms with Gasteiger partial charge in [0.15, 0.2) is 0 Å². The van der Waals surface area contributed by atoms with E-state index in [1.54, 1.807) is 6.07 Å². The summed E-state index contributed by atoms with van der Waals surface area (Å²) in [6.07, 6.45) is 1.96. The van der Waals surface area contributed by atoms with Gasteiger partial charge in [0.25, 0.3) is 0 Å². The molecule has 1 aliphatic rings. The van der Waals surface area contributed by atoms with Crippen molar-refractivity contribution in [2.24, 2.45) is 5.92 Å². The van der Waals surface area contributed by atoms with Gasteiger partial charge in [-0.1, -0.05) is 6.92 Å². The summed E-state index contributed by atoms with van der Waals surface area (Å²) < 4.78 is 13.7. The molecule has 0 spiro atoms. The number of anilines is 1. The molecule has 3 nitrogen and oxygen atoms in total. The predicted octanol–water partition coefficient (Wildman–Crippen LogP) is 2.76. The van der Waals surface area contributed by atoms with Gasteiger partial charge in [-0.25, -0.2) is 4.39 Å². The van der Waals surface area contributed by atoms with Crippen LogP contribution < -0.4 is 10.6 Å². The van der Waals surface area contributed by atoms with Crippen molar-refractivity contribution in [2.45, 2.75) is 25.8 Å². The van der Waals surface area contributed by atoms with E-state index in [4.69, 9.17) is 0 Å². The molecule has 1 aromatic rings. The normalized spacial score (nSPS) is 23.7. The summed E-state index contributed by atoms with van der Waals surface area (Å²) in [6, 6.07) is 4.22. The lowest BCUT2D eigenvalue weighted by atomic mass is 9.94. The summed E-state index contributed by atoms with van der Waals surface area (Å²) in [6.45, 7) is 3.03. The molecular formula is C13H16FIN2O. The van der Waals surface area contributed by atoms with Crippen LogP contribution in [0.2, 0.25) is 0 Å². The average molecular weight is 362 g/mol. The Morgan fingerprint density at radius 3 is 3.00 bits per heavy atom. The summed E-state index contributed by atoms with van der Waals surface area (Å²) in [5.74, 6) is 0.238. The van der Waals surface area contributed by atoms with E-state index in [-0.39, 0.29) is 17.8 Å². The monoisotopic (exact) mass is 362 g/mol. The van der Waals surface area contributed by atoms with E-state index >= 15 is 0 Å². The molecule has 0 aliphatic carbocycles. The van der Waals surface area contributed by atoms with Gasteiger partial charge in [0.1, 0.15) is 5.82 Å². The van der Waals surface area contributed by atoms with Crippen molar-refractivity contribution in [3.8, 4) is 0 Å². The number of piperidine rings is 1. The van der Waals surface area contributed by atoms with Crippen LogP contribution in [0.4, 0.5) is 10.1 Å². The van der Waals surface area contributed by atoms with E-state index < -0.39 is 0 Å². The van der Waals surface area contributed by atoms with Crippen LogP contribution in [-0.4, -0.2) is 18.5 Å². The first kappa shape index (κ1) is 13.7. The fourth-order valence-electron chi connectivity index (χ4n) is 2.12. The van der Waals surface area contributed by atoms with Crippen LogP contribution in [0.5, 0.6) is 0 Å². The maximum absolute atomic E-state index is 13.0. The zero-order valence-electron chi connectivity index (χ0n) is 10.2. The molecule has 18 heavy (non-hydrogen) atoms. The first-order chi connectivity index (χ1) is 8.56. The van der Waals surface area contributed by atoms with Crippen LogP contribution in [0.3, 0.4) is 0 Å². The predicted molar refractivity (Wildman–Crippen MR) is 77.9 cm³/mol. The van der Waals surface area contributed by atoms with Crippen molar-refractivity contribution in [1.82, 2.24) is 5.32 Å². The van der Waals surface area contributed by atoms with Gasteiger partial charge in [-0.05, 0) is 66.1 Å². The zero-order chi connectivity index (χ0) is 13.1. The lowest BCUT2D eigenvalue weighted by molar-refractivity contribution is -0.119. The molecule has 2 unspecified atom stereocenters. The lowest BCUT2D eigenvalue weighted by Crippen LogP contribution is -2.45. The first-order valence-corrected chi connectivity index (χ1v) is 7.13. The second-order valence-corrected chi connectivity index (χ2v) is 5.91. The minimum absolute atomic E-state index is 0.0360. The maximum Gasteiger partial charge on any atom is 0.241 e. The number of carbonyl (C=O) groups excluding carboxylic acids is 1. The highest BCUT2D eigenvalue weighted by molar-refractivity contribution is 14.1. The Kier molecular flexibility index (Phi) is 4.55. The van der Waals surface area contributed by atoms with Crippen molar-refractivity contribution < 1.29 is 9.18 Å². The molecular weight excluding hydrogens is 346 g/mol. The number of halogens is 2. The van der Waals surface area contributed by atoms with E-state index in [1.165, 1.54) is 12.1 Å². The second kappa shape index (κ2) is 5.97. The molecule has 1 saturated heterocycles. The Bertz CT molecular complexity index is 453. The highest BCUT2D eigenvalue weighted by atomic mass is 127. The van der Waals surface area contributed by atoms with Gasteiger partial charge in [0.2, 0.25) is 5.91 Å². The number of amides is 1. The Morgan fingerprint density at radius 2 is 2.33 bits per heavy atom. The third kappa shape index (κ3) is 3.41. The average Bonchev–Trinajstić information content (AvgIpc) is 2.32. The zero-order valence-corrected chi connectivity index (χ0v) is 12.3. The molecule has 1 heterocycles. The topological polar surface area (TPSA) is 41.1 Å². The van der Waals surface area contributed by atoms with Crippen LogP contribution in [-0.2, 0) is 4.79 Å². The van der Waals surface area contributed by atoms with Crippen molar-refractivity contribution in [2.75, 3.05) is 11.9 Å². The lowest BCUT2D eigenvalue weighted by Gasteiger charge is -2.27. The van der Waals surface area contributed by atoms with E-state index in [0.29, 0.717) is 15.2 Å². The molecule has 1 amide bonds. The maximum atomic E-state index is 13.0. The van der Waals surface area contributed by atoms with Gasteiger partial charge >= 0.3 is 0 Å². The fourth-order valence-corrected chi connectivity index (χ4v) is 2.73. The van der Waals surface area contributed by atoms with Gasteiger partial charge in [0, 0.05) is 3.57 Å². The Labute approximate surface area is 120 Å². The number of hydrogen-bond acceptors (Lipinski definition) is 2. The molecule has 2 atom stereocenters. The molecule has 0 radical (unpaired) electrons. The van der Waals surface area contributed by atoms with Crippen LogP contribution in [0.1, 0.15) is 19.8 Å². The summed E-state index contributed by atoms with van der Waals surface area (Å²) in [4.78, 5) is 12.1. The van der Waals surface area contributed by atoms with Crippen molar-refractivity contribution >= 4 is 34.2 Å². The smallest absolute Gasteiger partial charge is 0.241 e. The Morgan fingerprint density at radius 1 is 1.56 bits per heavy atom. The molecule has 5 heteroatoms. The summed E-state index contributed by atoms with van der Waals surface area (Å²) in [7, 11) is 0.